The molecule has 4 nitrogen and oxygen atoms in total. The van der Waals surface area contributed by atoms with Gasteiger partial charge in [-0.2, -0.15) is 0 Å². The van der Waals surface area contributed by atoms with E-state index in [4.69, 9.17) is 16.7 Å². The second-order valence-electron chi connectivity index (χ2n) is 3.31. The molecule has 0 amide bonds. The Morgan fingerprint density at radius 3 is 2.50 bits per heavy atom. The lowest BCUT2D eigenvalue weighted by Gasteiger charge is -2.00. The number of rotatable bonds is 2. The van der Waals surface area contributed by atoms with Crippen LogP contribution in [-0.4, -0.2) is 20.6 Å². The summed E-state index contributed by atoms with van der Waals surface area (Å²) in [6.45, 7) is 0. The maximum Gasteiger partial charge on any atom is 0.357 e. The van der Waals surface area contributed by atoms with E-state index in [0.717, 1.165) is 5.56 Å². The Hall–Kier alpha value is -1.81. The number of benzene rings is 1. The van der Waals surface area contributed by atoms with Gasteiger partial charge >= 0.3 is 5.97 Å². The molecule has 1 aromatic heterocycles. The Morgan fingerprint density at radius 1 is 1.38 bits per heavy atom. The van der Waals surface area contributed by atoms with Crippen molar-refractivity contribution in [3.63, 3.8) is 0 Å². The molecule has 0 radical (unpaired) electrons. The van der Waals surface area contributed by atoms with Crippen LogP contribution in [0.3, 0.4) is 0 Å². The van der Waals surface area contributed by atoms with E-state index in [0.29, 0.717) is 5.82 Å². The first kappa shape index (κ1) is 10.7. The van der Waals surface area contributed by atoms with Crippen molar-refractivity contribution in [3.05, 3.63) is 41.2 Å². The van der Waals surface area contributed by atoms with Gasteiger partial charge in [0.15, 0.2) is 5.69 Å². The molecular formula is C11H9ClN2O2. The Labute approximate surface area is 97.1 Å². The Kier molecular flexibility index (Phi) is 2.66. The highest BCUT2D eigenvalue weighted by atomic mass is 35.5. The molecule has 2 aromatic rings. The standard InChI is InChI=1S/C11H9ClN2O2/c1-14-9(12)8(11(15)16)13-10(14)7-5-3-2-4-6-7/h2-6H,1H3,(H,15,16). The smallest absolute Gasteiger partial charge is 0.357 e. The lowest BCUT2D eigenvalue weighted by atomic mass is 10.2. The minimum absolute atomic E-state index is 0.122. The van der Waals surface area contributed by atoms with E-state index in [1.165, 1.54) is 0 Å². The van der Waals surface area contributed by atoms with Crippen LogP contribution in [0.2, 0.25) is 5.15 Å². The summed E-state index contributed by atoms with van der Waals surface area (Å²) in [6.07, 6.45) is 0. The third kappa shape index (κ3) is 1.67. The van der Waals surface area contributed by atoms with Gasteiger partial charge in [-0.3, -0.25) is 0 Å². The van der Waals surface area contributed by atoms with E-state index >= 15 is 0 Å². The quantitative estimate of drug-likeness (QED) is 0.871. The Morgan fingerprint density at radius 2 is 2.00 bits per heavy atom. The molecule has 0 unspecified atom stereocenters. The van der Waals surface area contributed by atoms with Crippen LogP contribution in [0.1, 0.15) is 10.5 Å². The molecule has 0 aliphatic rings. The first-order chi connectivity index (χ1) is 7.61. The van der Waals surface area contributed by atoms with Crippen molar-refractivity contribution >= 4 is 17.6 Å². The second kappa shape index (κ2) is 3.98. The van der Waals surface area contributed by atoms with Gasteiger partial charge in [0.2, 0.25) is 0 Å². The average molecular weight is 237 g/mol. The highest BCUT2D eigenvalue weighted by Crippen LogP contribution is 2.24. The molecule has 1 N–H and O–H groups in total. The SMILES string of the molecule is Cn1c(-c2ccccc2)nc(C(=O)O)c1Cl. The number of aromatic carboxylic acids is 1. The fourth-order valence-corrected chi connectivity index (χ4v) is 1.66. The summed E-state index contributed by atoms with van der Waals surface area (Å²) in [5.41, 5.74) is 0.711. The van der Waals surface area contributed by atoms with Crippen molar-refractivity contribution in [2.45, 2.75) is 0 Å². The van der Waals surface area contributed by atoms with Crippen molar-refractivity contribution in [2.75, 3.05) is 0 Å². The number of carboxylic acid groups (broad SMARTS) is 1. The number of hydrogen-bond acceptors (Lipinski definition) is 2. The van der Waals surface area contributed by atoms with Crippen molar-refractivity contribution in [3.8, 4) is 11.4 Å². The molecule has 5 heteroatoms. The fraction of sp³-hybridized carbons (Fsp3) is 0.0909. The summed E-state index contributed by atoms with van der Waals surface area (Å²) in [4.78, 5) is 14.9. The molecule has 16 heavy (non-hydrogen) atoms. The third-order valence-corrected chi connectivity index (χ3v) is 2.69. The first-order valence-corrected chi connectivity index (χ1v) is 5.00. The lowest BCUT2D eigenvalue weighted by Crippen LogP contribution is -1.97. The van der Waals surface area contributed by atoms with Gasteiger partial charge in [-0.1, -0.05) is 41.9 Å². The Balaban J connectivity index is 2.60. The molecule has 0 atom stereocenters. The summed E-state index contributed by atoms with van der Waals surface area (Å²) in [5.74, 6) is -0.578. The number of nitrogens with zero attached hydrogens (tertiary/aromatic N) is 2. The van der Waals surface area contributed by atoms with Crippen molar-refractivity contribution in [1.82, 2.24) is 9.55 Å². The monoisotopic (exact) mass is 236 g/mol. The van der Waals surface area contributed by atoms with Crippen LogP contribution in [0.25, 0.3) is 11.4 Å². The van der Waals surface area contributed by atoms with E-state index in [-0.39, 0.29) is 10.8 Å². The summed E-state index contributed by atoms with van der Waals surface area (Å²) in [6, 6.07) is 9.30. The lowest BCUT2D eigenvalue weighted by molar-refractivity contribution is 0.0691. The first-order valence-electron chi connectivity index (χ1n) is 4.62. The normalized spacial score (nSPS) is 10.4. The zero-order valence-corrected chi connectivity index (χ0v) is 9.27. The van der Waals surface area contributed by atoms with E-state index in [9.17, 15) is 4.79 Å². The average Bonchev–Trinajstić information content (AvgIpc) is 2.58. The van der Waals surface area contributed by atoms with Gasteiger partial charge in [0.25, 0.3) is 0 Å². The van der Waals surface area contributed by atoms with Gasteiger partial charge in [0, 0.05) is 12.6 Å². The molecule has 0 aliphatic carbocycles. The molecule has 1 heterocycles. The van der Waals surface area contributed by atoms with Crippen LogP contribution in [0.15, 0.2) is 30.3 Å². The van der Waals surface area contributed by atoms with E-state index in [2.05, 4.69) is 4.98 Å². The molecule has 2 rings (SSSR count). The fourth-order valence-electron chi connectivity index (χ4n) is 1.46. The highest BCUT2D eigenvalue weighted by molar-refractivity contribution is 6.32. The van der Waals surface area contributed by atoms with Gasteiger partial charge in [-0.15, -0.1) is 0 Å². The molecule has 0 spiro atoms. The summed E-state index contributed by atoms with van der Waals surface area (Å²) < 4.78 is 1.56. The maximum absolute atomic E-state index is 10.9. The number of carbonyl (C=O) groups is 1. The molecular weight excluding hydrogens is 228 g/mol. The number of halogens is 1. The number of hydrogen-bond donors (Lipinski definition) is 1. The molecule has 1 aromatic carbocycles. The summed E-state index contributed by atoms with van der Waals surface area (Å²) in [7, 11) is 1.68. The van der Waals surface area contributed by atoms with Crippen LogP contribution in [0.4, 0.5) is 0 Å². The van der Waals surface area contributed by atoms with Gasteiger partial charge < -0.3 is 9.67 Å². The summed E-state index contributed by atoms with van der Waals surface area (Å²) >= 11 is 5.88. The maximum atomic E-state index is 10.9. The molecule has 0 fully saturated rings. The Bertz CT molecular complexity index is 534. The third-order valence-electron chi connectivity index (χ3n) is 2.26. The minimum Gasteiger partial charge on any atom is -0.476 e. The molecule has 0 bridgehead atoms. The molecule has 0 aliphatic heterocycles. The van der Waals surface area contributed by atoms with E-state index < -0.39 is 5.97 Å². The minimum atomic E-state index is -1.12. The highest BCUT2D eigenvalue weighted by Gasteiger charge is 2.19. The predicted octanol–water partition coefficient (Wildman–Crippen LogP) is 2.44. The van der Waals surface area contributed by atoms with Crippen molar-refractivity contribution < 1.29 is 9.90 Å². The number of carboxylic acids is 1. The molecule has 0 saturated carbocycles. The topological polar surface area (TPSA) is 55.1 Å². The molecule has 82 valence electrons. The van der Waals surface area contributed by atoms with Gasteiger partial charge in [0.1, 0.15) is 11.0 Å². The zero-order chi connectivity index (χ0) is 11.7. The van der Waals surface area contributed by atoms with E-state index in [1.54, 1.807) is 11.6 Å². The molecule has 0 saturated heterocycles. The van der Waals surface area contributed by atoms with E-state index in [1.807, 2.05) is 30.3 Å². The second-order valence-corrected chi connectivity index (χ2v) is 3.66. The van der Waals surface area contributed by atoms with Crippen molar-refractivity contribution in [1.29, 1.82) is 0 Å². The van der Waals surface area contributed by atoms with Crippen LogP contribution in [0.5, 0.6) is 0 Å². The van der Waals surface area contributed by atoms with Crippen LogP contribution < -0.4 is 0 Å². The number of imidazole rings is 1. The van der Waals surface area contributed by atoms with Crippen LogP contribution in [-0.2, 0) is 7.05 Å². The number of aromatic nitrogens is 2. The van der Waals surface area contributed by atoms with Gasteiger partial charge in [0.05, 0.1) is 0 Å². The van der Waals surface area contributed by atoms with Gasteiger partial charge in [-0.25, -0.2) is 9.78 Å². The predicted molar refractivity (Wildman–Crippen MR) is 60.6 cm³/mol. The van der Waals surface area contributed by atoms with Crippen LogP contribution in [0, 0.1) is 0 Å². The zero-order valence-electron chi connectivity index (χ0n) is 8.51. The van der Waals surface area contributed by atoms with Crippen molar-refractivity contribution in [2.24, 2.45) is 7.05 Å². The largest absolute Gasteiger partial charge is 0.476 e. The van der Waals surface area contributed by atoms with Crippen LogP contribution >= 0.6 is 11.6 Å². The summed E-state index contributed by atoms with van der Waals surface area (Å²) in [5, 5.41) is 9.02. The van der Waals surface area contributed by atoms with Gasteiger partial charge in [-0.05, 0) is 0 Å².